The zero-order valence-corrected chi connectivity index (χ0v) is 12.3. The lowest BCUT2D eigenvalue weighted by Crippen LogP contribution is -2.35. The van der Waals surface area contributed by atoms with Crippen LogP contribution in [0.4, 0.5) is 4.79 Å². The van der Waals surface area contributed by atoms with Crippen LogP contribution in [-0.2, 0) is 0 Å². The van der Waals surface area contributed by atoms with Gasteiger partial charge in [0, 0.05) is 25.0 Å². The van der Waals surface area contributed by atoms with Crippen molar-refractivity contribution >= 4 is 22.0 Å². The van der Waals surface area contributed by atoms with Gasteiger partial charge in [-0.1, -0.05) is 12.1 Å². The summed E-state index contributed by atoms with van der Waals surface area (Å²) in [6, 6.07) is 7.43. The SMILES string of the molecule is O=C(Oc1ccccc1Br)N1CCC2(CCNC2)C1. The minimum absolute atomic E-state index is 0.240. The molecular formula is C14H17BrN2O2. The summed E-state index contributed by atoms with van der Waals surface area (Å²) in [6.07, 6.45) is 1.99. The topological polar surface area (TPSA) is 41.6 Å². The number of carbonyl (C=O) groups excluding carboxylic acids is 1. The van der Waals surface area contributed by atoms with E-state index in [-0.39, 0.29) is 11.5 Å². The fourth-order valence-electron chi connectivity index (χ4n) is 2.92. The van der Waals surface area contributed by atoms with Crippen LogP contribution < -0.4 is 10.1 Å². The van der Waals surface area contributed by atoms with Gasteiger partial charge < -0.3 is 15.0 Å². The molecule has 1 spiro atoms. The van der Waals surface area contributed by atoms with E-state index in [9.17, 15) is 4.79 Å². The Hall–Kier alpha value is -1.07. The van der Waals surface area contributed by atoms with Crippen LogP contribution in [0, 0.1) is 5.41 Å². The predicted octanol–water partition coefficient (Wildman–Crippen LogP) is 2.63. The molecular weight excluding hydrogens is 308 g/mol. The third-order valence-electron chi connectivity index (χ3n) is 4.06. The molecule has 0 saturated carbocycles. The average Bonchev–Trinajstić information content (AvgIpc) is 3.03. The number of hydrogen-bond donors (Lipinski definition) is 1. The number of benzene rings is 1. The van der Waals surface area contributed by atoms with Crippen LogP contribution in [-0.4, -0.2) is 37.2 Å². The van der Waals surface area contributed by atoms with Crippen LogP contribution in [0.5, 0.6) is 5.75 Å². The van der Waals surface area contributed by atoms with E-state index in [1.165, 1.54) is 0 Å². The van der Waals surface area contributed by atoms with E-state index in [0.29, 0.717) is 5.75 Å². The molecule has 102 valence electrons. The quantitative estimate of drug-likeness (QED) is 0.863. The number of nitrogens with zero attached hydrogens (tertiary/aromatic N) is 1. The minimum Gasteiger partial charge on any atom is -0.409 e. The number of rotatable bonds is 1. The number of hydrogen-bond acceptors (Lipinski definition) is 3. The fourth-order valence-corrected chi connectivity index (χ4v) is 3.29. The molecule has 0 aromatic heterocycles. The molecule has 19 heavy (non-hydrogen) atoms. The highest BCUT2D eigenvalue weighted by Crippen LogP contribution is 2.36. The molecule has 2 heterocycles. The summed E-state index contributed by atoms with van der Waals surface area (Å²) in [4.78, 5) is 14.0. The Morgan fingerprint density at radius 2 is 2.21 bits per heavy atom. The minimum atomic E-state index is -0.240. The maximum absolute atomic E-state index is 12.2. The maximum atomic E-state index is 12.2. The first-order valence-corrected chi connectivity index (χ1v) is 7.40. The van der Waals surface area contributed by atoms with Crippen molar-refractivity contribution in [2.45, 2.75) is 12.8 Å². The number of ether oxygens (including phenoxy) is 1. The Balaban J connectivity index is 1.64. The molecule has 0 aliphatic carbocycles. The van der Waals surface area contributed by atoms with Gasteiger partial charge in [0.15, 0.2) is 0 Å². The lowest BCUT2D eigenvalue weighted by molar-refractivity contribution is 0.156. The number of amides is 1. The molecule has 2 fully saturated rings. The van der Waals surface area contributed by atoms with Gasteiger partial charge in [-0.3, -0.25) is 0 Å². The molecule has 1 unspecified atom stereocenters. The Morgan fingerprint density at radius 3 is 2.95 bits per heavy atom. The molecule has 5 heteroatoms. The molecule has 1 atom stereocenters. The lowest BCUT2D eigenvalue weighted by Gasteiger charge is -2.22. The molecule has 3 rings (SSSR count). The molecule has 1 aromatic rings. The highest BCUT2D eigenvalue weighted by molar-refractivity contribution is 9.10. The number of nitrogens with one attached hydrogen (secondary N) is 1. The monoisotopic (exact) mass is 324 g/mol. The fraction of sp³-hybridized carbons (Fsp3) is 0.500. The van der Waals surface area contributed by atoms with E-state index in [2.05, 4.69) is 21.2 Å². The summed E-state index contributed by atoms with van der Waals surface area (Å²) < 4.78 is 6.26. The van der Waals surface area contributed by atoms with Gasteiger partial charge in [0.05, 0.1) is 4.47 Å². The number of para-hydroxylation sites is 1. The van der Waals surface area contributed by atoms with Gasteiger partial charge in [0.25, 0.3) is 0 Å². The molecule has 4 nitrogen and oxygen atoms in total. The first-order valence-electron chi connectivity index (χ1n) is 6.61. The van der Waals surface area contributed by atoms with E-state index in [1.54, 1.807) is 6.07 Å². The largest absolute Gasteiger partial charge is 0.415 e. The molecule has 2 aliphatic heterocycles. The van der Waals surface area contributed by atoms with Crippen molar-refractivity contribution in [1.82, 2.24) is 10.2 Å². The van der Waals surface area contributed by atoms with E-state index >= 15 is 0 Å². The Morgan fingerprint density at radius 1 is 1.37 bits per heavy atom. The van der Waals surface area contributed by atoms with Crippen LogP contribution >= 0.6 is 15.9 Å². The van der Waals surface area contributed by atoms with Crippen molar-refractivity contribution in [3.8, 4) is 5.75 Å². The van der Waals surface area contributed by atoms with Gasteiger partial charge in [0.2, 0.25) is 0 Å². The van der Waals surface area contributed by atoms with Crippen molar-refractivity contribution in [1.29, 1.82) is 0 Å². The summed E-state index contributed by atoms with van der Waals surface area (Å²) >= 11 is 3.39. The summed E-state index contributed by atoms with van der Waals surface area (Å²) in [5.74, 6) is 0.581. The van der Waals surface area contributed by atoms with Crippen LogP contribution in [0.3, 0.4) is 0 Å². The van der Waals surface area contributed by atoms with Crippen LogP contribution in [0.2, 0.25) is 0 Å². The second-order valence-corrected chi connectivity index (χ2v) is 6.25. The second-order valence-electron chi connectivity index (χ2n) is 5.40. The number of likely N-dealkylation sites (tertiary alicyclic amines) is 1. The van der Waals surface area contributed by atoms with E-state index < -0.39 is 0 Å². The molecule has 2 saturated heterocycles. The Labute approximate surface area is 121 Å². The van der Waals surface area contributed by atoms with Gasteiger partial charge in [-0.15, -0.1) is 0 Å². The smallest absolute Gasteiger partial charge is 0.409 e. The standard InChI is InChI=1S/C14H17BrN2O2/c15-11-3-1-2-4-12(11)19-13(18)17-8-6-14(10-17)5-7-16-9-14/h1-4,16H,5-10H2. The number of carbonyl (C=O) groups is 1. The van der Waals surface area contributed by atoms with Gasteiger partial charge in [-0.05, 0) is 47.4 Å². The zero-order valence-electron chi connectivity index (χ0n) is 10.7. The van der Waals surface area contributed by atoms with Crippen LogP contribution in [0.15, 0.2) is 28.7 Å². The number of halogens is 1. The summed E-state index contributed by atoms with van der Waals surface area (Å²) in [5, 5.41) is 3.39. The second kappa shape index (κ2) is 5.13. The highest BCUT2D eigenvalue weighted by atomic mass is 79.9. The van der Waals surface area contributed by atoms with Crippen molar-refractivity contribution < 1.29 is 9.53 Å². The first-order chi connectivity index (χ1) is 9.19. The third-order valence-corrected chi connectivity index (χ3v) is 4.72. The third kappa shape index (κ3) is 2.62. The van der Waals surface area contributed by atoms with E-state index in [1.807, 2.05) is 23.1 Å². The lowest BCUT2D eigenvalue weighted by atomic mass is 9.87. The molecule has 1 N–H and O–H groups in total. The normalized spacial score (nSPS) is 26.1. The van der Waals surface area contributed by atoms with Crippen LogP contribution in [0.25, 0.3) is 0 Å². The van der Waals surface area contributed by atoms with Gasteiger partial charge in [-0.2, -0.15) is 0 Å². The molecule has 0 bridgehead atoms. The Bertz CT molecular complexity index is 486. The van der Waals surface area contributed by atoms with E-state index in [0.717, 1.165) is 43.5 Å². The predicted molar refractivity (Wildman–Crippen MR) is 76.3 cm³/mol. The van der Waals surface area contributed by atoms with Crippen LogP contribution in [0.1, 0.15) is 12.8 Å². The highest BCUT2D eigenvalue weighted by Gasteiger charge is 2.42. The molecule has 1 amide bonds. The van der Waals surface area contributed by atoms with E-state index in [4.69, 9.17) is 4.74 Å². The molecule has 2 aliphatic rings. The molecule has 0 radical (unpaired) electrons. The maximum Gasteiger partial charge on any atom is 0.415 e. The Kier molecular flexibility index (Phi) is 3.50. The van der Waals surface area contributed by atoms with Crippen molar-refractivity contribution in [3.63, 3.8) is 0 Å². The zero-order chi connectivity index (χ0) is 13.3. The molecule has 1 aromatic carbocycles. The van der Waals surface area contributed by atoms with Crippen molar-refractivity contribution in [2.24, 2.45) is 5.41 Å². The van der Waals surface area contributed by atoms with Gasteiger partial charge in [-0.25, -0.2) is 4.79 Å². The average molecular weight is 325 g/mol. The van der Waals surface area contributed by atoms with Gasteiger partial charge >= 0.3 is 6.09 Å². The van der Waals surface area contributed by atoms with Gasteiger partial charge in [0.1, 0.15) is 5.75 Å². The first kappa shape index (κ1) is 12.9. The summed E-state index contributed by atoms with van der Waals surface area (Å²) in [5.41, 5.74) is 0.285. The van der Waals surface area contributed by atoms with Crippen molar-refractivity contribution in [3.05, 3.63) is 28.7 Å². The summed E-state index contributed by atoms with van der Waals surface area (Å²) in [7, 11) is 0. The van der Waals surface area contributed by atoms with Crippen molar-refractivity contribution in [2.75, 3.05) is 26.2 Å². The summed E-state index contributed by atoms with van der Waals surface area (Å²) in [6.45, 7) is 3.69.